The van der Waals surface area contributed by atoms with E-state index >= 15 is 0 Å². The molecule has 1 fully saturated rings. The highest BCUT2D eigenvalue weighted by atomic mass is 16.4. The Labute approximate surface area is 102 Å². The van der Waals surface area contributed by atoms with Crippen molar-refractivity contribution < 1.29 is 9.90 Å². The number of carbonyl (C=O) groups is 1. The van der Waals surface area contributed by atoms with Crippen LogP contribution in [-0.2, 0) is 0 Å². The minimum Gasteiger partial charge on any atom is -0.478 e. The summed E-state index contributed by atoms with van der Waals surface area (Å²) in [6.45, 7) is 5.57. The third kappa shape index (κ3) is 2.50. The fourth-order valence-electron chi connectivity index (χ4n) is 2.61. The van der Waals surface area contributed by atoms with Crippen LogP contribution in [0, 0.1) is 0 Å². The number of carboxylic acid groups (broad SMARTS) is 1. The van der Waals surface area contributed by atoms with Crippen LogP contribution in [0.25, 0.3) is 0 Å². The second kappa shape index (κ2) is 4.88. The summed E-state index contributed by atoms with van der Waals surface area (Å²) in [4.78, 5) is 13.3. The highest BCUT2D eigenvalue weighted by molar-refractivity contribution is 5.87. The topological polar surface area (TPSA) is 40.5 Å². The largest absolute Gasteiger partial charge is 0.478 e. The summed E-state index contributed by atoms with van der Waals surface area (Å²) >= 11 is 0. The third-order valence-corrected chi connectivity index (χ3v) is 3.50. The normalized spacial score (nSPS) is 21.0. The number of benzene rings is 1. The van der Waals surface area contributed by atoms with Crippen LogP contribution in [0.5, 0.6) is 0 Å². The molecule has 1 N–H and O–H groups in total. The zero-order valence-corrected chi connectivity index (χ0v) is 10.4. The molecule has 2 rings (SSSR count). The second-order valence-electron chi connectivity index (χ2n) is 4.92. The maximum atomic E-state index is 10.8. The van der Waals surface area contributed by atoms with Crippen LogP contribution < -0.4 is 0 Å². The van der Waals surface area contributed by atoms with E-state index in [9.17, 15) is 4.79 Å². The maximum Gasteiger partial charge on any atom is 0.335 e. The SMILES string of the molecule is CC(C)N1CCCC1c1ccc(C(=O)O)cc1. The van der Waals surface area contributed by atoms with Crippen LogP contribution in [0.15, 0.2) is 24.3 Å². The standard InChI is InChI=1S/C14H19NO2/c1-10(2)15-9-3-4-13(15)11-5-7-12(8-6-11)14(16)17/h5-8,10,13H,3-4,9H2,1-2H3,(H,16,17). The lowest BCUT2D eigenvalue weighted by molar-refractivity contribution is 0.0697. The Hall–Kier alpha value is -1.35. The highest BCUT2D eigenvalue weighted by Crippen LogP contribution is 2.33. The summed E-state index contributed by atoms with van der Waals surface area (Å²) in [5.74, 6) is -0.858. The number of hydrogen-bond donors (Lipinski definition) is 1. The van der Waals surface area contributed by atoms with Crippen molar-refractivity contribution in [3.8, 4) is 0 Å². The molecule has 1 aromatic rings. The van der Waals surface area contributed by atoms with Gasteiger partial charge in [0.15, 0.2) is 0 Å². The predicted octanol–water partition coefficient (Wildman–Crippen LogP) is 2.93. The zero-order valence-electron chi connectivity index (χ0n) is 10.4. The summed E-state index contributed by atoms with van der Waals surface area (Å²) < 4.78 is 0. The molecule has 3 nitrogen and oxygen atoms in total. The van der Waals surface area contributed by atoms with Crippen LogP contribution in [-0.4, -0.2) is 28.6 Å². The molecule has 1 aromatic carbocycles. The Balaban J connectivity index is 2.19. The molecule has 0 bridgehead atoms. The molecule has 0 aromatic heterocycles. The summed E-state index contributed by atoms with van der Waals surface area (Å²) in [7, 11) is 0. The summed E-state index contributed by atoms with van der Waals surface area (Å²) in [5.41, 5.74) is 1.60. The number of aromatic carboxylic acids is 1. The average Bonchev–Trinajstić information content (AvgIpc) is 2.78. The summed E-state index contributed by atoms with van der Waals surface area (Å²) in [6, 6.07) is 8.31. The van der Waals surface area contributed by atoms with Crippen molar-refractivity contribution in [1.82, 2.24) is 4.90 Å². The van der Waals surface area contributed by atoms with Gasteiger partial charge in [-0.2, -0.15) is 0 Å². The van der Waals surface area contributed by atoms with Crippen LogP contribution in [0.3, 0.4) is 0 Å². The molecule has 1 heterocycles. The molecular formula is C14H19NO2. The van der Waals surface area contributed by atoms with Gasteiger partial charge < -0.3 is 5.11 Å². The first kappa shape index (κ1) is 12.1. The van der Waals surface area contributed by atoms with Gasteiger partial charge in [-0.05, 0) is 50.9 Å². The van der Waals surface area contributed by atoms with Gasteiger partial charge in [0.1, 0.15) is 0 Å². The van der Waals surface area contributed by atoms with Crippen molar-refractivity contribution in [1.29, 1.82) is 0 Å². The molecule has 0 saturated carbocycles. The Morgan fingerprint density at radius 2 is 2.00 bits per heavy atom. The molecule has 1 unspecified atom stereocenters. The Kier molecular flexibility index (Phi) is 3.48. The van der Waals surface area contributed by atoms with Crippen molar-refractivity contribution in [2.75, 3.05) is 6.54 Å². The van der Waals surface area contributed by atoms with E-state index in [1.165, 1.54) is 18.4 Å². The molecular weight excluding hydrogens is 214 g/mol. The lowest BCUT2D eigenvalue weighted by atomic mass is 10.0. The minimum atomic E-state index is -0.858. The first-order chi connectivity index (χ1) is 8.09. The van der Waals surface area contributed by atoms with Crippen LogP contribution >= 0.6 is 0 Å². The Morgan fingerprint density at radius 3 is 2.53 bits per heavy atom. The Bertz CT molecular complexity index is 397. The smallest absolute Gasteiger partial charge is 0.335 e. The van der Waals surface area contributed by atoms with E-state index in [2.05, 4.69) is 18.7 Å². The molecule has 0 amide bonds. The van der Waals surface area contributed by atoms with Crippen LogP contribution in [0.4, 0.5) is 0 Å². The monoisotopic (exact) mass is 233 g/mol. The molecule has 3 heteroatoms. The molecule has 0 spiro atoms. The first-order valence-electron chi connectivity index (χ1n) is 6.18. The molecule has 0 radical (unpaired) electrons. The van der Waals surface area contributed by atoms with Gasteiger partial charge in [0, 0.05) is 12.1 Å². The van der Waals surface area contributed by atoms with Gasteiger partial charge in [0.25, 0.3) is 0 Å². The van der Waals surface area contributed by atoms with Crippen molar-refractivity contribution in [2.24, 2.45) is 0 Å². The molecule has 1 aliphatic rings. The zero-order chi connectivity index (χ0) is 12.4. The molecule has 92 valence electrons. The number of likely N-dealkylation sites (tertiary alicyclic amines) is 1. The van der Waals surface area contributed by atoms with E-state index in [1.54, 1.807) is 12.1 Å². The Morgan fingerprint density at radius 1 is 1.35 bits per heavy atom. The number of carboxylic acids is 1. The average molecular weight is 233 g/mol. The predicted molar refractivity (Wildman–Crippen MR) is 67.2 cm³/mol. The lowest BCUT2D eigenvalue weighted by Gasteiger charge is -2.28. The molecule has 1 saturated heterocycles. The molecule has 1 aliphatic heterocycles. The number of hydrogen-bond acceptors (Lipinski definition) is 2. The van der Waals surface area contributed by atoms with E-state index in [1.807, 2.05) is 12.1 Å². The van der Waals surface area contributed by atoms with Crippen LogP contribution in [0.2, 0.25) is 0 Å². The van der Waals surface area contributed by atoms with Gasteiger partial charge in [0.05, 0.1) is 5.56 Å². The van der Waals surface area contributed by atoms with Crippen molar-refractivity contribution in [3.63, 3.8) is 0 Å². The van der Waals surface area contributed by atoms with Crippen LogP contribution in [0.1, 0.15) is 48.7 Å². The van der Waals surface area contributed by atoms with Crippen molar-refractivity contribution in [3.05, 3.63) is 35.4 Å². The van der Waals surface area contributed by atoms with E-state index in [0.717, 1.165) is 6.54 Å². The second-order valence-corrected chi connectivity index (χ2v) is 4.92. The third-order valence-electron chi connectivity index (χ3n) is 3.50. The fraction of sp³-hybridized carbons (Fsp3) is 0.500. The first-order valence-corrected chi connectivity index (χ1v) is 6.18. The van der Waals surface area contributed by atoms with Crippen molar-refractivity contribution >= 4 is 5.97 Å². The summed E-state index contributed by atoms with van der Waals surface area (Å²) in [5, 5.41) is 8.87. The van der Waals surface area contributed by atoms with Gasteiger partial charge in [-0.3, -0.25) is 4.90 Å². The molecule has 0 aliphatic carbocycles. The van der Waals surface area contributed by atoms with Gasteiger partial charge >= 0.3 is 5.97 Å². The van der Waals surface area contributed by atoms with Gasteiger partial charge in [-0.1, -0.05) is 12.1 Å². The fourth-order valence-corrected chi connectivity index (χ4v) is 2.61. The van der Waals surface area contributed by atoms with E-state index in [-0.39, 0.29) is 0 Å². The van der Waals surface area contributed by atoms with Gasteiger partial charge in [0.2, 0.25) is 0 Å². The van der Waals surface area contributed by atoms with E-state index in [4.69, 9.17) is 5.11 Å². The van der Waals surface area contributed by atoms with E-state index in [0.29, 0.717) is 17.6 Å². The summed E-state index contributed by atoms with van der Waals surface area (Å²) in [6.07, 6.45) is 2.40. The quantitative estimate of drug-likeness (QED) is 0.872. The van der Waals surface area contributed by atoms with E-state index < -0.39 is 5.97 Å². The highest BCUT2D eigenvalue weighted by Gasteiger charge is 2.27. The molecule has 17 heavy (non-hydrogen) atoms. The number of rotatable bonds is 3. The van der Waals surface area contributed by atoms with Crippen molar-refractivity contribution in [2.45, 2.75) is 38.8 Å². The molecule has 1 atom stereocenters. The maximum absolute atomic E-state index is 10.8. The minimum absolute atomic E-state index is 0.364. The lowest BCUT2D eigenvalue weighted by Crippen LogP contribution is -2.30. The number of nitrogens with zero attached hydrogens (tertiary/aromatic N) is 1. The van der Waals surface area contributed by atoms with Gasteiger partial charge in [-0.15, -0.1) is 0 Å². The van der Waals surface area contributed by atoms with Gasteiger partial charge in [-0.25, -0.2) is 4.79 Å².